The summed E-state index contributed by atoms with van der Waals surface area (Å²) < 4.78 is 7.87. The average Bonchev–Trinajstić information content (AvgIpc) is 3.45. The van der Waals surface area contributed by atoms with E-state index in [1.807, 2.05) is 30.5 Å². The van der Waals surface area contributed by atoms with Gasteiger partial charge < -0.3 is 9.84 Å². The molecule has 0 atom stereocenters. The molecule has 1 N–H and O–H groups in total. The number of thioether (sulfide) groups is 1. The Morgan fingerprint density at radius 3 is 2.82 bits per heavy atom. The Balaban J connectivity index is 1.44. The number of halogens is 1. The zero-order chi connectivity index (χ0) is 23.7. The largest absolute Gasteiger partial charge is 0.350 e. The van der Waals surface area contributed by atoms with Crippen molar-refractivity contribution < 1.29 is 9.32 Å². The minimum atomic E-state index is -0.459. The topological polar surface area (TPSA) is 107 Å². The second kappa shape index (κ2) is 9.16. The Bertz CT molecular complexity index is 1570. The molecule has 3 heterocycles. The number of nitrogens with one attached hydrogen (secondary N) is 1. The van der Waals surface area contributed by atoms with Gasteiger partial charge in [0.1, 0.15) is 6.54 Å². The van der Waals surface area contributed by atoms with Gasteiger partial charge in [0, 0.05) is 27.4 Å². The molecule has 5 aromatic rings. The standard InChI is InChI=1S/C23H17ClN6O3S/c1-34-17-8-3-7-16(12-17)25-19(31)13-30-23(32)29-10-4-9-18(21(29)27-30)22-26-20(28-33-22)14-5-2-6-15(24)11-14/h2-12H,13H2,1H3,(H,25,31). The number of pyridine rings is 1. The second-order valence-electron chi connectivity index (χ2n) is 7.27. The summed E-state index contributed by atoms with van der Waals surface area (Å²) in [5.74, 6) is 0.176. The molecule has 170 valence electrons. The molecule has 0 fully saturated rings. The maximum absolute atomic E-state index is 12.9. The van der Waals surface area contributed by atoms with Gasteiger partial charge in [-0.05, 0) is 48.7 Å². The van der Waals surface area contributed by atoms with Crippen molar-refractivity contribution in [3.8, 4) is 22.8 Å². The van der Waals surface area contributed by atoms with Crippen molar-refractivity contribution in [3.05, 3.63) is 82.4 Å². The Morgan fingerprint density at radius 2 is 2.00 bits per heavy atom. The SMILES string of the molecule is CSc1cccc(NC(=O)Cn2nc3c(-c4nc(-c5cccc(Cl)c5)no4)cccn3c2=O)c1. The lowest BCUT2D eigenvalue weighted by Gasteiger charge is -2.06. The van der Waals surface area contributed by atoms with Gasteiger partial charge in [0.05, 0.1) is 5.56 Å². The van der Waals surface area contributed by atoms with Crippen LogP contribution < -0.4 is 11.0 Å². The van der Waals surface area contributed by atoms with Crippen LogP contribution in [0.2, 0.25) is 5.02 Å². The molecular formula is C23H17ClN6O3S. The number of hydrogen-bond acceptors (Lipinski definition) is 7. The maximum atomic E-state index is 12.9. The number of anilines is 1. The number of hydrogen-bond donors (Lipinski definition) is 1. The second-order valence-corrected chi connectivity index (χ2v) is 8.59. The monoisotopic (exact) mass is 492 g/mol. The van der Waals surface area contributed by atoms with Crippen LogP contribution in [0.1, 0.15) is 0 Å². The summed E-state index contributed by atoms with van der Waals surface area (Å²) in [5, 5.41) is 11.7. The van der Waals surface area contributed by atoms with Crippen LogP contribution >= 0.6 is 23.4 Å². The van der Waals surface area contributed by atoms with E-state index in [1.165, 1.54) is 4.40 Å². The Hall–Kier alpha value is -3.89. The van der Waals surface area contributed by atoms with Crippen LogP contribution in [-0.2, 0) is 11.3 Å². The molecular weight excluding hydrogens is 476 g/mol. The molecule has 0 unspecified atom stereocenters. The van der Waals surface area contributed by atoms with Gasteiger partial charge in [-0.3, -0.25) is 4.79 Å². The van der Waals surface area contributed by atoms with Crippen molar-refractivity contribution in [1.29, 1.82) is 0 Å². The first-order valence-electron chi connectivity index (χ1n) is 10.1. The number of amides is 1. The van der Waals surface area contributed by atoms with Crippen molar-refractivity contribution in [1.82, 2.24) is 24.3 Å². The average molecular weight is 493 g/mol. The van der Waals surface area contributed by atoms with E-state index in [-0.39, 0.29) is 18.3 Å². The maximum Gasteiger partial charge on any atom is 0.350 e. The number of rotatable bonds is 6. The number of aromatic nitrogens is 5. The fourth-order valence-corrected chi connectivity index (χ4v) is 4.07. The predicted molar refractivity (Wildman–Crippen MR) is 130 cm³/mol. The first-order valence-corrected chi connectivity index (χ1v) is 11.7. The van der Waals surface area contributed by atoms with Gasteiger partial charge >= 0.3 is 5.69 Å². The summed E-state index contributed by atoms with van der Waals surface area (Å²) in [4.78, 5) is 30.9. The normalized spacial score (nSPS) is 11.1. The Labute approximate surface area is 202 Å². The van der Waals surface area contributed by atoms with Gasteiger partial charge in [-0.1, -0.05) is 35.0 Å². The first kappa shape index (κ1) is 21.9. The van der Waals surface area contributed by atoms with E-state index in [0.29, 0.717) is 33.3 Å². The molecule has 1 amide bonds. The Kier molecular flexibility index (Phi) is 5.91. The first-order chi connectivity index (χ1) is 16.5. The highest BCUT2D eigenvalue weighted by Gasteiger charge is 2.18. The third-order valence-electron chi connectivity index (χ3n) is 5.00. The molecule has 11 heteroatoms. The number of nitrogens with zero attached hydrogens (tertiary/aromatic N) is 5. The number of carbonyl (C=O) groups is 1. The molecule has 0 bridgehead atoms. The smallest absolute Gasteiger partial charge is 0.333 e. The molecule has 0 saturated heterocycles. The molecule has 3 aromatic heterocycles. The van der Waals surface area contributed by atoms with Crippen LogP contribution in [0.25, 0.3) is 28.5 Å². The fourth-order valence-electron chi connectivity index (χ4n) is 3.42. The Morgan fingerprint density at radius 1 is 1.15 bits per heavy atom. The van der Waals surface area contributed by atoms with Gasteiger partial charge in [0.2, 0.25) is 11.7 Å². The molecule has 2 aromatic carbocycles. The van der Waals surface area contributed by atoms with Gasteiger partial charge in [-0.25, -0.2) is 13.9 Å². The number of benzene rings is 2. The highest BCUT2D eigenvalue weighted by Crippen LogP contribution is 2.26. The third kappa shape index (κ3) is 4.33. The molecule has 0 aliphatic rings. The highest BCUT2D eigenvalue weighted by atomic mass is 35.5. The summed E-state index contributed by atoms with van der Waals surface area (Å²) in [5.41, 5.74) is 1.64. The van der Waals surface area contributed by atoms with E-state index in [1.54, 1.807) is 54.4 Å². The van der Waals surface area contributed by atoms with E-state index < -0.39 is 5.69 Å². The minimum absolute atomic E-state index is 0.191. The molecule has 0 aliphatic carbocycles. The number of fused-ring (bicyclic) bond motifs is 1. The number of carbonyl (C=O) groups excluding carboxylic acids is 1. The van der Waals surface area contributed by atoms with Gasteiger partial charge in [-0.2, -0.15) is 4.98 Å². The van der Waals surface area contributed by atoms with Crippen LogP contribution in [0.3, 0.4) is 0 Å². The molecule has 9 nitrogen and oxygen atoms in total. The molecule has 0 spiro atoms. The molecule has 5 rings (SSSR count). The molecule has 34 heavy (non-hydrogen) atoms. The third-order valence-corrected chi connectivity index (χ3v) is 5.96. The summed E-state index contributed by atoms with van der Waals surface area (Å²) in [7, 11) is 0. The van der Waals surface area contributed by atoms with Crippen LogP contribution in [0.15, 0.2) is 81.1 Å². The van der Waals surface area contributed by atoms with E-state index in [0.717, 1.165) is 9.58 Å². The van der Waals surface area contributed by atoms with Gasteiger partial charge in [-0.15, -0.1) is 16.9 Å². The summed E-state index contributed by atoms with van der Waals surface area (Å²) >= 11 is 7.62. The van der Waals surface area contributed by atoms with Crippen molar-refractivity contribution in [2.24, 2.45) is 0 Å². The summed E-state index contributed by atoms with van der Waals surface area (Å²) in [6.45, 7) is -0.249. The van der Waals surface area contributed by atoms with Crippen LogP contribution in [0, 0.1) is 0 Å². The van der Waals surface area contributed by atoms with Crippen molar-refractivity contribution in [2.75, 3.05) is 11.6 Å². The lowest BCUT2D eigenvalue weighted by Crippen LogP contribution is -2.28. The van der Waals surface area contributed by atoms with E-state index in [2.05, 4.69) is 20.6 Å². The predicted octanol–water partition coefficient (Wildman–Crippen LogP) is 4.23. The van der Waals surface area contributed by atoms with E-state index in [4.69, 9.17) is 16.1 Å². The quantitative estimate of drug-likeness (QED) is 0.353. The van der Waals surface area contributed by atoms with Crippen LogP contribution in [0.5, 0.6) is 0 Å². The van der Waals surface area contributed by atoms with E-state index in [9.17, 15) is 9.59 Å². The highest BCUT2D eigenvalue weighted by molar-refractivity contribution is 7.98. The van der Waals surface area contributed by atoms with Gasteiger partial charge in [0.25, 0.3) is 5.89 Å². The zero-order valence-corrected chi connectivity index (χ0v) is 19.4. The fraction of sp³-hybridized carbons (Fsp3) is 0.0870. The van der Waals surface area contributed by atoms with Crippen molar-refractivity contribution >= 4 is 40.6 Å². The molecule has 0 saturated carbocycles. The summed E-state index contributed by atoms with van der Waals surface area (Å²) in [6.07, 6.45) is 3.52. The van der Waals surface area contributed by atoms with Gasteiger partial charge in [0.15, 0.2) is 5.65 Å². The lowest BCUT2D eigenvalue weighted by molar-refractivity contribution is -0.117. The van der Waals surface area contributed by atoms with Crippen LogP contribution in [0.4, 0.5) is 5.69 Å². The van der Waals surface area contributed by atoms with Crippen molar-refractivity contribution in [3.63, 3.8) is 0 Å². The molecule has 0 aliphatic heterocycles. The lowest BCUT2D eigenvalue weighted by atomic mass is 10.2. The van der Waals surface area contributed by atoms with Crippen molar-refractivity contribution in [2.45, 2.75) is 11.4 Å². The van der Waals surface area contributed by atoms with Crippen LogP contribution in [-0.4, -0.2) is 36.5 Å². The van der Waals surface area contributed by atoms with E-state index >= 15 is 0 Å². The zero-order valence-electron chi connectivity index (χ0n) is 17.8. The minimum Gasteiger partial charge on any atom is -0.333 e. The summed E-state index contributed by atoms with van der Waals surface area (Å²) in [6, 6.07) is 17.9. The molecule has 0 radical (unpaired) electrons.